The molecule has 2 unspecified atom stereocenters. The molecule has 3 rings (SSSR count). The second-order valence-corrected chi connectivity index (χ2v) is 8.72. The second kappa shape index (κ2) is 17.6. The van der Waals surface area contributed by atoms with E-state index in [4.69, 9.17) is 9.47 Å². The molecule has 1 heterocycles. The van der Waals surface area contributed by atoms with Gasteiger partial charge in [-0.15, -0.1) is 13.2 Å². The van der Waals surface area contributed by atoms with Gasteiger partial charge >= 0.3 is 12.2 Å². The van der Waals surface area contributed by atoms with Crippen molar-refractivity contribution in [3.63, 3.8) is 0 Å². The molecule has 38 heavy (non-hydrogen) atoms. The van der Waals surface area contributed by atoms with E-state index in [9.17, 15) is 19.8 Å². The van der Waals surface area contributed by atoms with Crippen LogP contribution in [-0.2, 0) is 22.7 Å². The second-order valence-electron chi connectivity index (χ2n) is 8.72. The normalized spacial score (nSPS) is 15.2. The summed E-state index contributed by atoms with van der Waals surface area (Å²) in [6.07, 6.45) is 6.00. The van der Waals surface area contributed by atoms with E-state index in [1.807, 2.05) is 72.8 Å². The van der Waals surface area contributed by atoms with Gasteiger partial charge in [0.05, 0.1) is 25.3 Å². The van der Waals surface area contributed by atoms with Gasteiger partial charge in [-0.1, -0.05) is 85.0 Å². The lowest BCUT2D eigenvalue weighted by Crippen LogP contribution is -2.37. The Morgan fingerprint density at radius 1 is 0.974 bits per heavy atom. The number of carbonyl (C=O) groups excluding carboxylic acids is 2. The van der Waals surface area contributed by atoms with Crippen LogP contribution in [0.4, 0.5) is 9.59 Å². The van der Waals surface area contributed by atoms with E-state index in [0.717, 1.165) is 11.1 Å². The smallest absolute Gasteiger partial charge is 0.410 e. The van der Waals surface area contributed by atoms with Crippen LogP contribution in [0.3, 0.4) is 0 Å². The molecular weight excluding hydrogens is 484 g/mol. The number of β-amino-alcohol motifs (C(OH)–C–C–N with tert-alkyl or cyclic N) is 1. The van der Waals surface area contributed by atoms with Gasteiger partial charge in [-0.05, 0) is 24.0 Å². The van der Waals surface area contributed by atoms with Gasteiger partial charge in [-0.2, -0.15) is 0 Å². The molecule has 2 aromatic carbocycles. The number of ether oxygens (including phenoxy) is 2. The highest BCUT2D eigenvalue weighted by Gasteiger charge is 2.19. The fraction of sp³-hybridized carbons (Fsp3) is 0.333. The number of amides is 2. The molecule has 8 heteroatoms. The Kier molecular flexibility index (Phi) is 14.0. The first-order valence-electron chi connectivity index (χ1n) is 12.6. The summed E-state index contributed by atoms with van der Waals surface area (Å²) in [7, 11) is 0. The summed E-state index contributed by atoms with van der Waals surface area (Å²) in [5.41, 5.74) is 1.88. The molecule has 8 nitrogen and oxygen atoms in total. The number of aliphatic hydroxyl groups is 2. The maximum Gasteiger partial charge on any atom is 0.410 e. The molecule has 0 saturated carbocycles. The van der Waals surface area contributed by atoms with Crippen molar-refractivity contribution >= 4 is 12.2 Å². The zero-order chi connectivity index (χ0) is 27.6. The van der Waals surface area contributed by atoms with Crippen molar-refractivity contribution in [1.29, 1.82) is 0 Å². The summed E-state index contributed by atoms with van der Waals surface area (Å²) in [5, 5.41) is 19.3. The summed E-state index contributed by atoms with van der Waals surface area (Å²) in [4.78, 5) is 26.7. The van der Waals surface area contributed by atoms with Crippen molar-refractivity contribution < 1.29 is 29.3 Å². The van der Waals surface area contributed by atoms with Crippen LogP contribution in [-0.4, -0.2) is 70.6 Å². The maximum absolute atomic E-state index is 12.0. The highest BCUT2D eigenvalue weighted by Crippen LogP contribution is 2.08. The van der Waals surface area contributed by atoms with Crippen molar-refractivity contribution in [2.75, 3.05) is 26.2 Å². The Bertz CT molecular complexity index is 1010. The van der Waals surface area contributed by atoms with Crippen molar-refractivity contribution in [2.24, 2.45) is 0 Å². The minimum atomic E-state index is -0.642. The lowest BCUT2D eigenvalue weighted by molar-refractivity contribution is 0.0741. The number of hydrogen-bond donors (Lipinski definition) is 2. The Hall–Kier alpha value is -3.88. The first-order chi connectivity index (χ1) is 18.4. The topological polar surface area (TPSA) is 99.5 Å². The molecule has 2 atom stereocenters. The number of carbonyl (C=O) groups is 2. The third-order valence-electron chi connectivity index (χ3n) is 5.48. The van der Waals surface area contributed by atoms with Crippen LogP contribution >= 0.6 is 0 Å². The molecule has 0 radical (unpaired) electrons. The van der Waals surface area contributed by atoms with Crippen LogP contribution in [0, 0.1) is 0 Å². The largest absolute Gasteiger partial charge is 0.445 e. The Balaban J connectivity index is 0.000000268. The highest BCUT2D eigenvalue weighted by molar-refractivity contribution is 5.68. The summed E-state index contributed by atoms with van der Waals surface area (Å²) < 4.78 is 10.4. The molecule has 0 saturated heterocycles. The van der Waals surface area contributed by atoms with Crippen molar-refractivity contribution in [1.82, 2.24) is 9.80 Å². The Morgan fingerprint density at radius 2 is 1.58 bits per heavy atom. The summed E-state index contributed by atoms with van der Waals surface area (Å²) in [5.74, 6) is 0. The number of nitrogens with zero attached hydrogens (tertiary/aromatic N) is 2. The van der Waals surface area contributed by atoms with Crippen molar-refractivity contribution in [2.45, 2.75) is 38.3 Å². The quantitative estimate of drug-likeness (QED) is 0.439. The summed E-state index contributed by atoms with van der Waals surface area (Å²) >= 11 is 0. The van der Waals surface area contributed by atoms with E-state index in [1.165, 1.54) is 9.80 Å². The maximum atomic E-state index is 12.0. The monoisotopic (exact) mass is 522 g/mol. The van der Waals surface area contributed by atoms with Gasteiger partial charge in [0.25, 0.3) is 0 Å². The standard InChI is InChI=1S/C16H21NO3.C14H17NO3/c1-3-8-15(18)12-17(11-4-2)16(19)20-13-14-9-6-5-7-10-14;16-13-8-4-5-9-15(10-13)14(17)18-11-12-6-2-1-3-7-12/h3-7,9-10,15,18H,1-2,8,11-13H2;1-7,13,16H,8-11H2. The van der Waals surface area contributed by atoms with E-state index in [2.05, 4.69) is 13.2 Å². The SMILES string of the molecule is C=CCC(O)CN(CC=C)C(=O)OCc1ccccc1.O=C(OCc1ccccc1)N1CC=CCC(O)C1. The van der Waals surface area contributed by atoms with Crippen LogP contribution in [0.5, 0.6) is 0 Å². The summed E-state index contributed by atoms with van der Waals surface area (Å²) in [6, 6.07) is 19.0. The highest BCUT2D eigenvalue weighted by atomic mass is 16.6. The zero-order valence-corrected chi connectivity index (χ0v) is 21.7. The molecule has 2 aromatic rings. The van der Waals surface area contributed by atoms with Crippen molar-refractivity contribution in [3.8, 4) is 0 Å². The molecule has 2 amide bonds. The van der Waals surface area contributed by atoms with Crippen molar-refractivity contribution in [3.05, 3.63) is 109 Å². The van der Waals surface area contributed by atoms with Crippen LogP contribution in [0.1, 0.15) is 24.0 Å². The minimum absolute atomic E-state index is 0.200. The number of rotatable bonds is 10. The summed E-state index contributed by atoms with van der Waals surface area (Å²) in [6.45, 7) is 8.98. The average Bonchev–Trinajstić information content (AvgIpc) is 3.16. The molecule has 1 aliphatic heterocycles. The van der Waals surface area contributed by atoms with Crippen LogP contribution in [0.25, 0.3) is 0 Å². The fourth-order valence-corrected chi connectivity index (χ4v) is 3.53. The Labute approximate surface area is 225 Å². The average molecular weight is 523 g/mol. The van der Waals surface area contributed by atoms with E-state index >= 15 is 0 Å². The van der Waals surface area contributed by atoms with Gasteiger partial charge in [0.15, 0.2) is 0 Å². The molecule has 0 aromatic heterocycles. The molecule has 0 aliphatic carbocycles. The molecule has 2 N–H and O–H groups in total. The van der Waals surface area contributed by atoms with E-state index in [0.29, 0.717) is 32.5 Å². The molecule has 0 fully saturated rings. The van der Waals surface area contributed by atoms with Gasteiger partial charge in [-0.3, -0.25) is 0 Å². The molecule has 0 spiro atoms. The van der Waals surface area contributed by atoms with Crippen LogP contribution in [0.2, 0.25) is 0 Å². The molecule has 1 aliphatic rings. The Morgan fingerprint density at radius 3 is 2.16 bits per heavy atom. The lowest BCUT2D eigenvalue weighted by atomic mass is 10.2. The predicted octanol–water partition coefficient (Wildman–Crippen LogP) is 4.69. The van der Waals surface area contributed by atoms with E-state index in [1.54, 1.807) is 12.2 Å². The number of benzene rings is 2. The number of aliphatic hydroxyl groups excluding tert-OH is 2. The molecule has 0 bridgehead atoms. The molecular formula is C30H38N2O6. The van der Waals surface area contributed by atoms with Gasteiger partial charge in [0.2, 0.25) is 0 Å². The minimum Gasteiger partial charge on any atom is -0.445 e. The van der Waals surface area contributed by atoms with E-state index in [-0.39, 0.29) is 25.9 Å². The van der Waals surface area contributed by atoms with Gasteiger partial charge in [0, 0.05) is 13.1 Å². The predicted molar refractivity (Wildman–Crippen MR) is 147 cm³/mol. The first-order valence-corrected chi connectivity index (χ1v) is 12.6. The zero-order valence-electron chi connectivity index (χ0n) is 21.7. The van der Waals surface area contributed by atoms with E-state index < -0.39 is 18.3 Å². The van der Waals surface area contributed by atoms with Gasteiger partial charge in [-0.25, -0.2) is 9.59 Å². The lowest BCUT2D eigenvalue weighted by Gasteiger charge is -2.23. The fourth-order valence-electron chi connectivity index (χ4n) is 3.53. The molecule has 204 valence electrons. The van der Waals surface area contributed by atoms with Gasteiger partial charge < -0.3 is 29.5 Å². The first kappa shape index (κ1) is 30.3. The van der Waals surface area contributed by atoms with Crippen LogP contribution < -0.4 is 0 Å². The third-order valence-corrected chi connectivity index (χ3v) is 5.48. The van der Waals surface area contributed by atoms with Gasteiger partial charge in [0.1, 0.15) is 13.2 Å². The number of hydrogen-bond acceptors (Lipinski definition) is 6. The van der Waals surface area contributed by atoms with Crippen LogP contribution in [0.15, 0.2) is 98.1 Å². The third kappa shape index (κ3) is 11.9.